The number of nitrogens with zero attached hydrogens (tertiary/aromatic N) is 3. The molecule has 1 aliphatic rings. The van der Waals surface area contributed by atoms with Gasteiger partial charge < -0.3 is 14.4 Å². The Hall–Kier alpha value is -4.85. The van der Waals surface area contributed by atoms with Crippen molar-refractivity contribution in [2.75, 3.05) is 11.4 Å². The summed E-state index contributed by atoms with van der Waals surface area (Å²) in [6.45, 7) is 0.532. The summed E-state index contributed by atoms with van der Waals surface area (Å²) in [5, 5.41) is 18.7. The molecule has 1 aromatic heterocycles. The summed E-state index contributed by atoms with van der Waals surface area (Å²) >= 11 is 0. The summed E-state index contributed by atoms with van der Waals surface area (Å²) in [5.41, 5.74) is -0.675. The molecule has 0 saturated carbocycles. The van der Waals surface area contributed by atoms with E-state index in [-0.39, 0.29) is 22.7 Å². The fraction of sp³-hybridized carbons (Fsp3) is 0.154. The first-order valence-corrected chi connectivity index (χ1v) is 10.8. The van der Waals surface area contributed by atoms with E-state index >= 15 is 0 Å². The standard InChI is InChI=1S/C26H18F3N3O5/c1-15-22(24(35)20-6-3-11-37-20)23(17-9-7-16(13-30)8-10-17)31(14-21(33)34)25(36)32(15)19-5-2-4-18(12-19)26(27,28)29/h2-12,23H,14H2,1H3,(H,33,34). The zero-order chi connectivity index (χ0) is 26.9. The predicted octanol–water partition coefficient (Wildman–Crippen LogP) is 5.39. The molecule has 1 aliphatic heterocycles. The lowest BCUT2D eigenvalue weighted by molar-refractivity contribution is -0.138. The predicted molar refractivity (Wildman–Crippen MR) is 123 cm³/mol. The molecular weight excluding hydrogens is 491 g/mol. The number of hydrogen-bond donors (Lipinski definition) is 1. The van der Waals surface area contributed by atoms with Gasteiger partial charge in [-0.15, -0.1) is 0 Å². The third-order valence-corrected chi connectivity index (χ3v) is 5.83. The van der Waals surface area contributed by atoms with Gasteiger partial charge in [-0.05, 0) is 55.0 Å². The van der Waals surface area contributed by atoms with Gasteiger partial charge in [-0.25, -0.2) is 4.79 Å². The Morgan fingerprint density at radius 2 is 1.81 bits per heavy atom. The van der Waals surface area contributed by atoms with Crippen molar-refractivity contribution in [3.8, 4) is 6.07 Å². The van der Waals surface area contributed by atoms with Crippen LogP contribution in [-0.2, 0) is 11.0 Å². The van der Waals surface area contributed by atoms with Crippen LogP contribution in [-0.4, -0.2) is 34.3 Å². The SMILES string of the molecule is CC1=C(C(=O)c2ccco2)C(c2ccc(C#N)cc2)N(CC(=O)O)C(=O)N1c1cccc(C(F)(F)F)c1. The smallest absolute Gasteiger partial charge is 0.416 e. The highest BCUT2D eigenvalue weighted by Crippen LogP contribution is 2.42. The van der Waals surface area contributed by atoms with Crippen molar-refractivity contribution >= 4 is 23.5 Å². The van der Waals surface area contributed by atoms with Crippen LogP contribution >= 0.6 is 0 Å². The Labute approximate surface area is 208 Å². The lowest BCUT2D eigenvalue weighted by atomic mass is 9.88. The molecule has 2 aromatic carbocycles. The summed E-state index contributed by atoms with van der Waals surface area (Å²) in [5.74, 6) is -2.20. The zero-order valence-electron chi connectivity index (χ0n) is 19.2. The zero-order valence-corrected chi connectivity index (χ0v) is 19.2. The molecule has 0 radical (unpaired) electrons. The monoisotopic (exact) mass is 509 g/mol. The molecule has 0 spiro atoms. The van der Waals surface area contributed by atoms with E-state index in [0.29, 0.717) is 11.1 Å². The molecule has 0 saturated heterocycles. The first kappa shape index (κ1) is 25.2. The van der Waals surface area contributed by atoms with Crippen LogP contribution < -0.4 is 4.90 Å². The molecule has 1 unspecified atom stereocenters. The number of alkyl halides is 3. The number of carboxylic acid groups (broad SMARTS) is 1. The first-order valence-electron chi connectivity index (χ1n) is 10.8. The largest absolute Gasteiger partial charge is 0.480 e. The van der Waals surface area contributed by atoms with Crippen molar-refractivity contribution in [2.45, 2.75) is 19.1 Å². The van der Waals surface area contributed by atoms with E-state index in [4.69, 9.17) is 9.68 Å². The van der Waals surface area contributed by atoms with Crippen molar-refractivity contribution in [2.24, 2.45) is 0 Å². The number of Topliss-reactive ketones (excluding diaryl/α,β-unsaturated/α-hetero) is 1. The highest BCUT2D eigenvalue weighted by Gasteiger charge is 2.44. The van der Waals surface area contributed by atoms with Crippen molar-refractivity contribution in [3.05, 3.63) is 101 Å². The summed E-state index contributed by atoms with van der Waals surface area (Å²) in [6, 6.07) is 12.4. The number of ketones is 1. The second-order valence-corrected chi connectivity index (χ2v) is 8.13. The Morgan fingerprint density at radius 3 is 2.38 bits per heavy atom. The van der Waals surface area contributed by atoms with Crippen molar-refractivity contribution in [1.82, 2.24) is 4.90 Å². The number of aliphatic carboxylic acids is 1. The Morgan fingerprint density at radius 1 is 1.11 bits per heavy atom. The van der Waals surface area contributed by atoms with Gasteiger partial charge in [0.25, 0.3) is 0 Å². The molecule has 8 nitrogen and oxygen atoms in total. The van der Waals surface area contributed by atoms with Crippen LogP contribution in [0.1, 0.15) is 40.2 Å². The van der Waals surface area contributed by atoms with Gasteiger partial charge in [0.2, 0.25) is 5.78 Å². The number of halogens is 3. The van der Waals surface area contributed by atoms with Crippen LogP contribution in [0.25, 0.3) is 0 Å². The van der Waals surface area contributed by atoms with Crippen molar-refractivity contribution < 1.29 is 37.1 Å². The fourth-order valence-corrected chi connectivity index (χ4v) is 4.20. The summed E-state index contributed by atoms with van der Waals surface area (Å²) in [6.07, 6.45) is -3.45. The van der Waals surface area contributed by atoms with Gasteiger partial charge in [-0.1, -0.05) is 18.2 Å². The number of carbonyl (C=O) groups is 3. The van der Waals surface area contributed by atoms with Crippen molar-refractivity contribution in [3.63, 3.8) is 0 Å². The highest BCUT2D eigenvalue weighted by atomic mass is 19.4. The molecule has 37 heavy (non-hydrogen) atoms. The lowest BCUT2D eigenvalue weighted by Gasteiger charge is -2.42. The molecule has 0 aliphatic carbocycles. The van der Waals surface area contributed by atoms with Crippen LogP contribution in [0.4, 0.5) is 23.7 Å². The number of hydrogen-bond acceptors (Lipinski definition) is 5. The molecular formula is C26H18F3N3O5. The molecule has 1 atom stereocenters. The highest BCUT2D eigenvalue weighted by molar-refractivity contribution is 6.12. The molecule has 11 heteroatoms. The minimum absolute atomic E-state index is 0.00160. The fourth-order valence-electron chi connectivity index (χ4n) is 4.20. The molecule has 3 aromatic rings. The van der Waals surface area contributed by atoms with E-state index in [2.05, 4.69) is 0 Å². The molecule has 0 fully saturated rings. The molecule has 2 heterocycles. The normalized spacial score (nSPS) is 16.1. The number of anilines is 1. The van der Waals surface area contributed by atoms with Crippen LogP contribution in [0.2, 0.25) is 0 Å². The van der Waals surface area contributed by atoms with Crippen LogP contribution in [0.3, 0.4) is 0 Å². The summed E-state index contributed by atoms with van der Waals surface area (Å²) in [7, 11) is 0. The molecule has 4 rings (SSSR count). The number of carboxylic acids is 1. The van der Waals surface area contributed by atoms with Gasteiger partial charge in [0.15, 0.2) is 5.76 Å². The number of benzene rings is 2. The quantitative estimate of drug-likeness (QED) is 0.446. The van der Waals surface area contributed by atoms with Gasteiger partial charge in [0.1, 0.15) is 6.54 Å². The maximum absolute atomic E-state index is 13.7. The van der Waals surface area contributed by atoms with E-state index in [0.717, 1.165) is 28.0 Å². The average Bonchev–Trinajstić information content (AvgIpc) is 3.40. The minimum atomic E-state index is -4.70. The maximum atomic E-state index is 13.7. The van der Waals surface area contributed by atoms with Gasteiger partial charge in [0.05, 0.1) is 40.8 Å². The average molecular weight is 509 g/mol. The van der Waals surface area contributed by atoms with Gasteiger partial charge >= 0.3 is 18.2 Å². The van der Waals surface area contributed by atoms with Crippen LogP contribution in [0.15, 0.2) is 82.6 Å². The van der Waals surface area contributed by atoms with E-state index in [1.807, 2.05) is 6.07 Å². The van der Waals surface area contributed by atoms with Crippen LogP contribution in [0.5, 0.6) is 0 Å². The second kappa shape index (κ2) is 9.66. The van der Waals surface area contributed by atoms with E-state index in [1.165, 1.54) is 55.7 Å². The van der Waals surface area contributed by atoms with Gasteiger partial charge in [-0.3, -0.25) is 14.5 Å². The number of carbonyl (C=O) groups excluding carboxylic acids is 2. The van der Waals surface area contributed by atoms with E-state index in [1.54, 1.807) is 0 Å². The lowest BCUT2D eigenvalue weighted by Crippen LogP contribution is -2.52. The number of furan rings is 1. The summed E-state index contributed by atoms with van der Waals surface area (Å²) < 4.78 is 45.5. The third-order valence-electron chi connectivity index (χ3n) is 5.83. The van der Waals surface area contributed by atoms with Crippen LogP contribution in [0, 0.1) is 11.3 Å². The number of nitriles is 1. The topological polar surface area (TPSA) is 115 Å². The second-order valence-electron chi connectivity index (χ2n) is 8.13. The summed E-state index contributed by atoms with van der Waals surface area (Å²) in [4.78, 5) is 40.9. The Bertz CT molecular complexity index is 1440. The molecule has 0 bridgehead atoms. The third kappa shape index (κ3) is 4.81. The molecule has 1 N–H and O–H groups in total. The van der Waals surface area contributed by atoms with Gasteiger partial charge in [0, 0.05) is 5.70 Å². The minimum Gasteiger partial charge on any atom is -0.480 e. The number of allylic oxidation sites excluding steroid dienone is 1. The van der Waals surface area contributed by atoms with Gasteiger partial charge in [-0.2, -0.15) is 18.4 Å². The molecule has 2 amide bonds. The molecule has 188 valence electrons. The van der Waals surface area contributed by atoms with E-state index in [9.17, 15) is 32.7 Å². The van der Waals surface area contributed by atoms with Crippen molar-refractivity contribution in [1.29, 1.82) is 5.26 Å². The van der Waals surface area contributed by atoms with E-state index < -0.39 is 42.1 Å². The first-order chi connectivity index (χ1) is 17.5. The number of amides is 2. The maximum Gasteiger partial charge on any atom is 0.416 e. The Kier molecular flexibility index (Phi) is 6.59. The Balaban J connectivity index is 1.98. The number of rotatable bonds is 6. The number of urea groups is 1.